The number of ether oxygens (including phenoxy) is 1. The van der Waals surface area contributed by atoms with E-state index in [0.717, 1.165) is 9.71 Å². The Morgan fingerprint density at radius 2 is 1.98 bits per heavy atom. The summed E-state index contributed by atoms with van der Waals surface area (Å²) in [5.41, 5.74) is -0.321. The molecule has 0 aliphatic carbocycles. The van der Waals surface area contributed by atoms with Crippen molar-refractivity contribution in [3.8, 4) is 22.4 Å². The number of benzene rings is 1. The molecule has 1 N–H and O–H groups in total. The summed E-state index contributed by atoms with van der Waals surface area (Å²) in [6, 6.07) is 7.46. The minimum absolute atomic E-state index is 0.0637. The van der Waals surface area contributed by atoms with E-state index in [1.807, 2.05) is 19.1 Å². The highest BCUT2D eigenvalue weighted by molar-refractivity contribution is 7.19. The summed E-state index contributed by atoms with van der Waals surface area (Å²) < 4.78 is 22.1. The van der Waals surface area contributed by atoms with Gasteiger partial charge in [0, 0.05) is 41.4 Å². The normalized spacial score (nSPS) is 15.0. The van der Waals surface area contributed by atoms with E-state index >= 15 is 4.39 Å². The fourth-order valence-electron chi connectivity index (χ4n) is 4.98. The van der Waals surface area contributed by atoms with Crippen LogP contribution < -0.4 is 4.90 Å². The van der Waals surface area contributed by atoms with Crippen LogP contribution in [0.1, 0.15) is 66.7 Å². The van der Waals surface area contributed by atoms with Crippen molar-refractivity contribution in [3.63, 3.8) is 0 Å². The molecule has 1 atom stereocenters. The van der Waals surface area contributed by atoms with E-state index in [2.05, 4.69) is 27.0 Å². The number of nitrogens with zero attached hydrogens (tertiary/aromatic N) is 5. The first-order valence-corrected chi connectivity index (χ1v) is 16.0. The van der Waals surface area contributed by atoms with Crippen LogP contribution in [0.3, 0.4) is 0 Å². The zero-order chi connectivity index (χ0) is 32.3. The van der Waals surface area contributed by atoms with Gasteiger partial charge in [-0.05, 0) is 64.8 Å². The average molecular weight is 650 g/mol. The number of carbonyl (C=O) groups is 3. The van der Waals surface area contributed by atoms with Gasteiger partial charge in [0.25, 0.3) is 5.91 Å². The minimum atomic E-state index is -0.923. The molecule has 5 rings (SSSR count). The number of carboxylic acid groups (broad SMARTS) is 1. The zero-order valence-electron chi connectivity index (χ0n) is 25.3. The third-order valence-electron chi connectivity index (χ3n) is 6.93. The minimum Gasteiger partial charge on any atom is -0.481 e. The van der Waals surface area contributed by atoms with Gasteiger partial charge in [-0.2, -0.15) is 0 Å². The molecule has 0 spiro atoms. The molecule has 1 aromatic carbocycles. The van der Waals surface area contributed by atoms with Gasteiger partial charge in [0.05, 0.1) is 22.9 Å². The van der Waals surface area contributed by atoms with Crippen LogP contribution >= 0.6 is 22.7 Å². The van der Waals surface area contributed by atoms with Crippen molar-refractivity contribution in [1.82, 2.24) is 20.1 Å². The second-order valence-electron chi connectivity index (χ2n) is 11.6. The Morgan fingerprint density at radius 1 is 1.18 bits per heavy atom. The first kappa shape index (κ1) is 32.0. The SMILES string of the molecule is Cc1nnc(-c2ccc(C(=O)N(c3nccc4sc(C#CCCC(=O)O)cc34)[C@@H]3CCCN(C(=O)OC(C)(C)C)C3)c(F)c2)s1. The van der Waals surface area contributed by atoms with Crippen molar-refractivity contribution < 1.29 is 28.6 Å². The molecule has 45 heavy (non-hydrogen) atoms. The van der Waals surface area contributed by atoms with E-state index in [4.69, 9.17) is 9.84 Å². The van der Waals surface area contributed by atoms with Crippen molar-refractivity contribution >= 4 is 56.5 Å². The van der Waals surface area contributed by atoms with Crippen molar-refractivity contribution in [2.24, 2.45) is 0 Å². The number of halogens is 1. The van der Waals surface area contributed by atoms with Crippen LogP contribution in [-0.4, -0.2) is 67.9 Å². The molecule has 2 amide bonds. The van der Waals surface area contributed by atoms with Gasteiger partial charge in [-0.3, -0.25) is 14.5 Å². The second kappa shape index (κ2) is 13.3. The van der Waals surface area contributed by atoms with E-state index in [0.29, 0.717) is 46.0 Å². The fraction of sp³-hybridized carbons (Fsp3) is 0.375. The molecule has 1 fully saturated rings. The molecule has 13 heteroatoms. The number of hydrogen-bond donors (Lipinski definition) is 1. The highest BCUT2D eigenvalue weighted by Crippen LogP contribution is 2.35. The lowest BCUT2D eigenvalue weighted by molar-refractivity contribution is -0.136. The van der Waals surface area contributed by atoms with Gasteiger partial charge in [0.2, 0.25) is 0 Å². The monoisotopic (exact) mass is 649 g/mol. The molecule has 0 unspecified atom stereocenters. The molecule has 1 aliphatic rings. The summed E-state index contributed by atoms with van der Waals surface area (Å²) in [6.07, 6.45) is 2.40. The summed E-state index contributed by atoms with van der Waals surface area (Å²) >= 11 is 2.71. The number of anilines is 1. The largest absolute Gasteiger partial charge is 0.481 e. The van der Waals surface area contributed by atoms with Crippen molar-refractivity contribution in [1.29, 1.82) is 0 Å². The molecule has 0 bridgehead atoms. The maximum atomic E-state index is 15.7. The highest BCUT2D eigenvalue weighted by atomic mass is 32.1. The van der Waals surface area contributed by atoms with Crippen LogP contribution in [0.15, 0.2) is 36.5 Å². The van der Waals surface area contributed by atoms with Crippen LogP contribution in [-0.2, 0) is 9.53 Å². The smallest absolute Gasteiger partial charge is 0.410 e. The molecule has 1 aliphatic heterocycles. The van der Waals surface area contributed by atoms with Gasteiger partial charge >= 0.3 is 12.1 Å². The van der Waals surface area contributed by atoms with Gasteiger partial charge in [-0.1, -0.05) is 29.2 Å². The number of aromatic nitrogens is 3. The van der Waals surface area contributed by atoms with Gasteiger partial charge in [-0.25, -0.2) is 14.2 Å². The molecule has 234 valence electrons. The second-order valence-corrected chi connectivity index (χ2v) is 13.8. The Hall–Kier alpha value is -4.41. The fourth-order valence-corrected chi connectivity index (χ4v) is 6.59. The highest BCUT2D eigenvalue weighted by Gasteiger charge is 2.36. The number of likely N-dealkylation sites (tertiary alicyclic amines) is 1. The predicted octanol–water partition coefficient (Wildman–Crippen LogP) is 6.52. The lowest BCUT2D eigenvalue weighted by Gasteiger charge is -2.39. The first-order valence-electron chi connectivity index (χ1n) is 14.4. The lowest BCUT2D eigenvalue weighted by atomic mass is 10.0. The molecule has 4 heterocycles. The Labute approximate surface area is 267 Å². The van der Waals surface area contributed by atoms with Gasteiger partial charge in [-0.15, -0.1) is 21.5 Å². The van der Waals surface area contributed by atoms with Crippen LogP contribution in [0.2, 0.25) is 0 Å². The number of amides is 2. The zero-order valence-corrected chi connectivity index (χ0v) is 26.9. The molecule has 0 radical (unpaired) electrons. The van der Waals surface area contributed by atoms with Crippen molar-refractivity contribution in [2.45, 2.75) is 65.0 Å². The van der Waals surface area contributed by atoms with Crippen LogP contribution in [0, 0.1) is 24.6 Å². The molecule has 1 saturated heterocycles. The van der Waals surface area contributed by atoms with Crippen molar-refractivity contribution in [3.05, 3.63) is 57.8 Å². The van der Waals surface area contributed by atoms with E-state index in [1.54, 1.807) is 37.9 Å². The topological polar surface area (TPSA) is 126 Å². The van der Waals surface area contributed by atoms with Crippen LogP contribution in [0.5, 0.6) is 0 Å². The standard InChI is InChI=1S/C32H32FN5O5S2/c1-19-35-36-29(44-19)20-11-12-23(25(33)16-20)30(41)38(21-8-7-15-37(18-21)31(42)43-32(2,3)4)28-24-17-22(9-5-6-10-27(39)40)45-26(24)13-14-34-28/h11-14,16-17,21H,6-8,10,15,18H2,1-4H3,(H,39,40)/t21-/m1/s1. The number of aryl methyl sites for hydroxylation is 1. The first-order chi connectivity index (χ1) is 21.4. The summed E-state index contributed by atoms with van der Waals surface area (Å²) in [4.78, 5) is 46.6. The van der Waals surface area contributed by atoms with Crippen molar-refractivity contribution in [2.75, 3.05) is 18.0 Å². The molecule has 0 saturated carbocycles. The van der Waals surface area contributed by atoms with Crippen LogP contribution in [0.25, 0.3) is 20.7 Å². The number of fused-ring (bicyclic) bond motifs is 1. The maximum absolute atomic E-state index is 15.7. The molecule has 3 aromatic heterocycles. The lowest BCUT2D eigenvalue weighted by Crippen LogP contribution is -2.53. The number of hydrogen-bond acceptors (Lipinski definition) is 9. The quantitative estimate of drug-likeness (QED) is 0.234. The Balaban J connectivity index is 1.54. The third-order valence-corrected chi connectivity index (χ3v) is 8.84. The summed E-state index contributed by atoms with van der Waals surface area (Å²) in [6.45, 7) is 7.82. The van der Waals surface area contributed by atoms with E-state index in [9.17, 15) is 14.4 Å². The summed E-state index contributed by atoms with van der Waals surface area (Å²) in [7, 11) is 0. The molecular formula is C32H32FN5O5S2. The summed E-state index contributed by atoms with van der Waals surface area (Å²) in [5, 5.41) is 18.9. The molecule has 10 nitrogen and oxygen atoms in total. The molecule has 4 aromatic rings. The van der Waals surface area contributed by atoms with Gasteiger partial charge in [0.15, 0.2) is 0 Å². The third kappa shape index (κ3) is 7.64. The molecular weight excluding hydrogens is 618 g/mol. The summed E-state index contributed by atoms with van der Waals surface area (Å²) in [5.74, 6) is 3.99. The van der Waals surface area contributed by atoms with Gasteiger partial charge in [0.1, 0.15) is 27.3 Å². The number of rotatable bonds is 6. The number of thiophene rings is 1. The van der Waals surface area contributed by atoms with Gasteiger partial charge < -0.3 is 14.7 Å². The number of carboxylic acids is 1. The Bertz CT molecular complexity index is 1820. The average Bonchev–Trinajstić information content (AvgIpc) is 3.61. The van der Waals surface area contributed by atoms with E-state index in [1.165, 1.54) is 39.7 Å². The number of piperidine rings is 1. The van der Waals surface area contributed by atoms with E-state index < -0.39 is 35.4 Å². The Morgan fingerprint density at radius 3 is 2.67 bits per heavy atom. The van der Waals surface area contributed by atoms with E-state index in [-0.39, 0.29) is 24.9 Å². The van der Waals surface area contributed by atoms with Crippen LogP contribution in [0.4, 0.5) is 15.0 Å². The Kier molecular flexibility index (Phi) is 9.45. The number of carbonyl (C=O) groups excluding carboxylic acids is 2. The number of pyridine rings is 1. The number of aliphatic carboxylic acids is 1. The maximum Gasteiger partial charge on any atom is 0.410 e. The predicted molar refractivity (Wildman–Crippen MR) is 171 cm³/mol.